The lowest BCUT2D eigenvalue weighted by atomic mass is 9.83. The Balaban J connectivity index is 1.90. The van der Waals surface area contributed by atoms with E-state index < -0.39 is 0 Å². The zero-order valence-electron chi connectivity index (χ0n) is 11.7. The average Bonchev–Trinajstić information content (AvgIpc) is 2.73. The summed E-state index contributed by atoms with van der Waals surface area (Å²) in [5.74, 6) is 1.74. The largest absolute Gasteiger partial charge is 0.381 e. The van der Waals surface area contributed by atoms with E-state index in [1.165, 1.54) is 32.5 Å². The van der Waals surface area contributed by atoms with Gasteiger partial charge in [-0.3, -0.25) is 0 Å². The SMILES string of the molecule is CNCC1(CN2CCC(C)C(C)C2)CCOC1. The van der Waals surface area contributed by atoms with Crippen molar-refractivity contribution < 1.29 is 4.74 Å². The van der Waals surface area contributed by atoms with Gasteiger partial charge in [-0.1, -0.05) is 13.8 Å². The molecule has 0 aromatic rings. The molecule has 0 amide bonds. The molecule has 2 rings (SSSR count). The van der Waals surface area contributed by atoms with E-state index in [0.29, 0.717) is 5.41 Å². The minimum Gasteiger partial charge on any atom is -0.381 e. The molecule has 3 heteroatoms. The first kappa shape index (κ1) is 13.3. The summed E-state index contributed by atoms with van der Waals surface area (Å²) in [5.41, 5.74) is 0.370. The molecule has 2 aliphatic rings. The van der Waals surface area contributed by atoms with E-state index in [1.54, 1.807) is 0 Å². The second-order valence-corrected chi connectivity index (χ2v) is 6.31. The summed E-state index contributed by atoms with van der Waals surface area (Å²) in [6.45, 7) is 11.5. The second-order valence-electron chi connectivity index (χ2n) is 6.31. The van der Waals surface area contributed by atoms with Crippen LogP contribution in [0.5, 0.6) is 0 Å². The van der Waals surface area contributed by atoms with E-state index in [9.17, 15) is 0 Å². The lowest BCUT2D eigenvalue weighted by Crippen LogP contribution is -2.48. The van der Waals surface area contributed by atoms with Gasteiger partial charge < -0.3 is 15.0 Å². The summed E-state index contributed by atoms with van der Waals surface area (Å²) in [5, 5.41) is 3.35. The highest BCUT2D eigenvalue weighted by Gasteiger charge is 2.37. The van der Waals surface area contributed by atoms with Gasteiger partial charge in [0.05, 0.1) is 6.61 Å². The summed E-state index contributed by atoms with van der Waals surface area (Å²) in [7, 11) is 2.06. The van der Waals surface area contributed by atoms with Crippen LogP contribution in [0.3, 0.4) is 0 Å². The predicted octanol–water partition coefficient (Wildman–Crippen LogP) is 1.59. The number of ether oxygens (including phenoxy) is 1. The van der Waals surface area contributed by atoms with Crippen LogP contribution >= 0.6 is 0 Å². The van der Waals surface area contributed by atoms with E-state index in [0.717, 1.165) is 31.6 Å². The van der Waals surface area contributed by atoms with Crippen LogP contribution in [0.15, 0.2) is 0 Å². The van der Waals surface area contributed by atoms with Crippen LogP contribution in [0.4, 0.5) is 0 Å². The van der Waals surface area contributed by atoms with Crippen LogP contribution < -0.4 is 5.32 Å². The fourth-order valence-electron chi connectivity index (χ4n) is 3.31. The number of hydrogen-bond donors (Lipinski definition) is 1. The van der Waals surface area contributed by atoms with Gasteiger partial charge in [0.25, 0.3) is 0 Å². The molecule has 2 saturated heterocycles. The Morgan fingerprint density at radius 2 is 2.18 bits per heavy atom. The third-order valence-corrected chi connectivity index (χ3v) is 4.71. The monoisotopic (exact) mass is 240 g/mol. The van der Waals surface area contributed by atoms with Crippen molar-refractivity contribution in [3.8, 4) is 0 Å². The van der Waals surface area contributed by atoms with Crippen LogP contribution in [0.2, 0.25) is 0 Å². The molecule has 100 valence electrons. The molecule has 0 aromatic heterocycles. The standard InChI is InChI=1S/C14H28N2O/c1-12-4-6-16(8-13(12)2)10-14(9-15-3)5-7-17-11-14/h12-13,15H,4-11H2,1-3H3. The van der Waals surface area contributed by atoms with Crippen molar-refractivity contribution in [3.63, 3.8) is 0 Å². The van der Waals surface area contributed by atoms with E-state index in [2.05, 4.69) is 31.1 Å². The van der Waals surface area contributed by atoms with E-state index in [1.807, 2.05) is 0 Å². The van der Waals surface area contributed by atoms with Crippen LogP contribution in [0.1, 0.15) is 26.7 Å². The molecule has 0 aliphatic carbocycles. The molecule has 0 saturated carbocycles. The highest BCUT2D eigenvalue weighted by Crippen LogP contribution is 2.31. The lowest BCUT2D eigenvalue weighted by Gasteiger charge is -2.40. The van der Waals surface area contributed by atoms with Crippen LogP contribution in [0, 0.1) is 17.3 Å². The fourth-order valence-corrected chi connectivity index (χ4v) is 3.31. The van der Waals surface area contributed by atoms with Gasteiger partial charge in [-0.05, 0) is 38.3 Å². The molecule has 2 fully saturated rings. The molecule has 0 radical (unpaired) electrons. The van der Waals surface area contributed by atoms with Crippen molar-refractivity contribution >= 4 is 0 Å². The van der Waals surface area contributed by atoms with Gasteiger partial charge in [0, 0.05) is 31.7 Å². The van der Waals surface area contributed by atoms with Crippen LogP contribution in [0.25, 0.3) is 0 Å². The minimum absolute atomic E-state index is 0.370. The number of hydrogen-bond acceptors (Lipinski definition) is 3. The normalized spacial score (nSPS) is 39.7. The number of likely N-dealkylation sites (tertiary alicyclic amines) is 1. The molecular weight excluding hydrogens is 212 g/mol. The predicted molar refractivity (Wildman–Crippen MR) is 71.2 cm³/mol. The molecule has 0 aromatic carbocycles. The van der Waals surface area contributed by atoms with Gasteiger partial charge in [0.2, 0.25) is 0 Å². The Labute approximate surface area is 106 Å². The average molecular weight is 240 g/mol. The van der Waals surface area contributed by atoms with Gasteiger partial charge in [0.15, 0.2) is 0 Å². The Bertz CT molecular complexity index is 238. The number of rotatable bonds is 4. The Morgan fingerprint density at radius 3 is 2.76 bits per heavy atom. The molecule has 2 aliphatic heterocycles. The van der Waals surface area contributed by atoms with Gasteiger partial charge in [-0.25, -0.2) is 0 Å². The van der Waals surface area contributed by atoms with Crippen LogP contribution in [-0.2, 0) is 4.74 Å². The van der Waals surface area contributed by atoms with Crippen molar-refractivity contribution in [2.75, 3.05) is 46.4 Å². The molecule has 3 unspecified atom stereocenters. The lowest BCUT2D eigenvalue weighted by molar-refractivity contribution is 0.0700. The third kappa shape index (κ3) is 3.21. The van der Waals surface area contributed by atoms with Crippen molar-refractivity contribution in [1.82, 2.24) is 10.2 Å². The highest BCUT2D eigenvalue weighted by atomic mass is 16.5. The van der Waals surface area contributed by atoms with Crippen molar-refractivity contribution in [2.24, 2.45) is 17.3 Å². The molecular formula is C14H28N2O. The first-order valence-corrected chi connectivity index (χ1v) is 7.10. The molecule has 3 atom stereocenters. The molecule has 1 N–H and O–H groups in total. The summed E-state index contributed by atoms with van der Waals surface area (Å²) in [6.07, 6.45) is 2.58. The zero-order valence-corrected chi connectivity index (χ0v) is 11.7. The first-order chi connectivity index (χ1) is 8.15. The van der Waals surface area contributed by atoms with Crippen molar-refractivity contribution in [1.29, 1.82) is 0 Å². The maximum Gasteiger partial charge on any atom is 0.0547 e. The van der Waals surface area contributed by atoms with E-state index >= 15 is 0 Å². The quantitative estimate of drug-likeness (QED) is 0.807. The Kier molecular flexibility index (Phi) is 4.45. The number of piperidine rings is 1. The molecule has 17 heavy (non-hydrogen) atoms. The van der Waals surface area contributed by atoms with Gasteiger partial charge >= 0.3 is 0 Å². The molecule has 3 nitrogen and oxygen atoms in total. The molecule has 0 bridgehead atoms. The van der Waals surface area contributed by atoms with E-state index in [-0.39, 0.29) is 0 Å². The highest BCUT2D eigenvalue weighted by molar-refractivity contribution is 4.89. The third-order valence-electron chi connectivity index (χ3n) is 4.71. The first-order valence-electron chi connectivity index (χ1n) is 7.10. The summed E-state index contributed by atoms with van der Waals surface area (Å²) >= 11 is 0. The second kappa shape index (κ2) is 5.68. The maximum atomic E-state index is 5.64. The number of nitrogens with zero attached hydrogens (tertiary/aromatic N) is 1. The van der Waals surface area contributed by atoms with Crippen LogP contribution in [-0.4, -0.2) is 51.3 Å². The Morgan fingerprint density at radius 1 is 1.35 bits per heavy atom. The van der Waals surface area contributed by atoms with E-state index in [4.69, 9.17) is 4.74 Å². The minimum atomic E-state index is 0.370. The number of nitrogens with one attached hydrogen (secondary N) is 1. The summed E-state index contributed by atoms with van der Waals surface area (Å²) < 4.78 is 5.64. The van der Waals surface area contributed by atoms with Crippen molar-refractivity contribution in [3.05, 3.63) is 0 Å². The summed E-state index contributed by atoms with van der Waals surface area (Å²) in [4.78, 5) is 2.66. The van der Waals surface area contributed by atoms with Gasteiger partial charge in [-0.2, -0.15) is 0 Å². The zero-order chi connectivity index (χ0) is 12.3. The summed E-state index contributed by atoms with van der Waals surface area (Å²) in [6, 6.07) is 0. The maximum absolute atomic E-state index is 5.64. The smallest absolute Gasteiger partial charge is 0.0547 e. The fraction of sp³-hybridized carbons (Fsp3) is 1.00. The van der Waals surface area contributed by atoms with Gasteiger partial charge in [0.1, 0.15) is 0 Å². The molecule has 0 spiro atoms. The molecule has 2 heterocycles. The van der Waals surface area contributed by atoms with Gasteiger partial charge in [-0.15, -0.1) is 0 Å². The Hall–Kier alpha value is -0.120. The topological polar surface area (TPSA) is 24.5 Å². The van der Waals surface area contributed by atoms with Crippen molar-refractivity contribution in [2.45, 2.75) is 26.7 Å².